The molecule has 0 spiro atoms. The zero-order valence-electron chi connectivity index (χ0n) is 9.18. The molecule has 0 fully saturated rings. The van der Waals surface area contributed by atoms with E-state index in [0.29, 0.717) is 5.52 Å². The van der Waals surface area contributed by atoms with Crippen LogP contribution >= 0.6 is 0 Å². The van der Waals surface area contributed by atoms with Crippen LogP contribution in [0.15, 0.2) is 41.3 Å². The third kappa shape index (κ3) is 2.28. The number of rotatable bonds is 1. The minimum atomic E-state index is -1.09. The summed E-state index contributed by atoms with van der Waals surface area (Å²) in [4.78, 5) is 22.1. The number of nitrogens with zero attached hydrogens (tertiary/aromatic N) is 1. The molecule has 0 aliphatic rings. The molecule has 1 N–H and O–H groups in total. The van der Waals surface area contributed by atoms with Crippen molar-refractivity contribution in [1.82, 2.24) is 4.40 Å². The number of fused-ring (bicyclic) bond motifs is 1. The predicted molar refractivity (Wildman–Crippen MR) is 62.0 cm³/mol. The molecule has 0 amide bonds. The fourth-order valence-electron chi connectivity index (χ4n) is 1.30. The summed E-state index contributed by atoms with van der Waals surface area (Å²) in [7, 11) is 0. The van der Waals surface area contributed by atoms with Crippen LogP contribution in [0.25, 0.3) is 5.52 Å². The van der Waals surface area contributed by atoms with Gasteiger partial charge in [-0.3, -0.25) is 9.20 Å². The second kappa shape index (κ2) is 5.11. The maximum absolute atomic E-state index is 11.4. The molecular formula is C12H13NO3. The van der Waals surface area contributed by atoms with Gasteiger partial charge in [0, 0.05) is 17.8 Å². The molecule has 84 valence electrons. The van der Waals surface area contributed by atoms with Crippen molar-refractivity contribution in [3.63, 3.8) is 0 Å². The Kier molecular flexibility index (Phi) is 3.83. The normalized spacial score (nSPS) is 9.38. The van der Waals surface area contributed by atoms with Crippen molar-refractivity contribution in [2.75, 3.05) is 0 Å². The highest BCUT2D eigenvalue weighted by atomic mass is 16.4. The number of carboxylic acids is 1. The van der Waals surface area contributed by atoms with E-state index in [9.17, 15) is 9.59 Å². The van der Waals surface area contributed by atoms with Crippen LogP contribution in [0.3, 0.4) is 0 Å². The van der Waals surface area contributed by atoms with Crippen LogP contribution in [0, 0.1) is 0 Å². The first-order valence-electron chi connectivity index (χ1n) is 5.03. The SMILES string of the molecule is CC.O=C(O)c1cc(=O)n2ccccc2c1. The second-order valence-electron chi connectivity index (χ2n) is 2.88. The number of hydrogen-bond acceptors (Lipinski definition) is 2. The van der Waals surface area contributed by atoms with Gasteiger partial charge < -0.3 is 5.11 Å². The van der Waals surface area contributed by atoms with E-state index < -0.39 is 5.97 Å². The molecule has 0 unspecified atom stereocenters. The summed E-state index contributed by atoms with van der Waals surface area (Å²) in [6, 6.07) is 7.72. The van der Waals surface area contributed by atoms with Crippen molar-refractivity contribution in [2.45, 2.75) is 13.8 Å². The Balaban J connectivity index is 0.000000606. The van der Waals surface area contributed by atoms with Gasteiger partial charge in [-0.15, -0.1) is 0 Å². The topological polar surface area (TPSA) is 58.8 Å². The predicted octanol–water partition coefficient (Wildman–Crippen LogP) is 2.02. The van der Waals surface area contributed by atoms with Crippen molar-refractivity contribution in [3.8, 4) is 0 Å². The molecule has 16 heavy (non-hydrogen) atoms. The van der Waals surface area contributed by atoms with Crippen molar-refractivity contribution in [2.24, 2.45) is 0 Å². The average molecular weight is 219 g/mol. The first kappa shape index (κ1) is 12.0. The van der Waals surface area contributed by atoms with Crippen LogP contribution in [-0.4, -0.2) is 15.5 Å². The number of pyridine rings is 2. The minimum Gasteiger partial charge on any atom is -0.478 e. The van der Waals surface area contributed by atoms with Gasteiger partial charge in [-0.1, -0.05) is 19.9 Å². The number of hydrogen-bond donors (Lipinski definition) is 1. The lowest BCUT2D eigenvalue weighted by Crippen LogP contribution is -2.14. The van der Waals surface area contributed by atoms with Crippen molar-refractivity contribution >= 4 is 11.5 Å². The van der Waals surface area contributed by atoms with E-state index in [0.717, 1.165) is 6.07 Å². The number of carbonyl (C=O) groups is 1. The third-order valence-electron chi connectivity index (χ3n) is 1.96. The number of aromatic nitrogens is 1. The van der Waals surface area contributed by atoms with Crippen LogP contribution in [0.5, 0.6) is 0 Å². The Morgan fingerprint density at radius 1 is 1.25 bits per heavy atom. The molecule has 2 heterocycles. The number of aromatic carboxylic acids is 1. The van der Waals surface area contributed by atoms with E-state index in [1.54, 1.807) is 24.4 Å². The molecule has 0 aliphatic carbocycles. The van der Waals surface area contributed by atoms with E-state index in [1.807, 2.05) is 13.8 Å². The Labute approximate surface area is 92.8 Å². The van der Waals surface area contributed by atoms with E-state index in [4.69, 9.17) is 5.11 Å². The Morgan fingerprint density at radius 3 is 2.56 bits per heavy atom. The first-order valence-corrected chi connectivity index (χ1v) is 5.03. The molecule has 0 aliphatic heterocycles. The molecule has 0 saturated heterocycles. The average Bonchev–Trinajstić information content (AvgIpc) is 2.31. The van der Waals surface area contributed by atoms with Gasteiger partial charge in [0.25, 0.3) is 5.56 Å². The van der Waals surface area contributed by atoms with Crippen molar-refractivity contribution in [1.29, 1.82) is 0 Å². The summed E-state index contributed by atoms with van der Waals surface area (Å²) in [6.45, 7) is 4.00. The molecule has 0 saturated carbocycles. The third-order valence-corrected chi connectivity index (χ3v) is 1.96. The minimum absolute atomic E-state index is 0.0150. The summed E-state index contributed by atoms with van der Waals surface area (Å²) < 4.78 is 1.40. The summed E-state index contributed by atoms with van der Waals surface area (Å²) in [5.41, 5.74) is 0.263. The summed E-state index contributed by atoms with van der Waals surface area (Å²) in [6.07, 6.45) is 1.60. The summed E-state index contributed by atoms with van der Waals surface area (Å²) in [5.74, 6) is -1.09. The Hall–Kier alpha value is -2.10. The zero-order chi connectivity index (χ0) is 12.1. The molecule has 2 rings (SSSR count). The van der Waals surface area contributed by atoms with Gasteiger partial charge in [0.1, 0.15) is 0 Å². The van der Waals surface area contributed by atoms with Crippen LogP contribution in [-0.2, 0) is 0 Å². The van der Waals surface area contributed by atoms with E-state index in [2.05, 4.69) is 0 Å². The Morgan fingerprint density at radius 2 is 1.94 bits per heavy atom. The monoisotopic (exact) mass is 219 g/mol. The van der Waals surface area contributed by atoms with E-state index >= 15 is 0 Å². The molecule has 4 heteroatoms. The van der Waals surface area contributed by atoms with Gasteiger partial charge in [0.2, 0.25) is 0 Å². The Bertz CT molecular complexity index is 557. The summed E-state index contributed by atoms with van der Waals surface area (Å²) >= 11 is 0. The highest BCUT2D eigenvalue weighted by Gasteiger charge is 2.05. The molecule has 0 aromatic carbocycles. The highest BCUT2D eigenvalue weighted by molar-refractivity contribution is 5.88. The molecule has 0 atom stereocenters. The zero-order valence-corrected chi connectivity index (χ0v) is 9.18. The van der Waals surface area contributed by atoms with E-state index in [-0.39, 0.29) is 11.1 Å². The van der Waals surface area contributed by atoms with Gasteiger partial charge >= 0.3 is 5.97 Å². The summed E-state index contributed by atoms with van der Waals surface area (Å²) in [5, 5.41) is 8.72. The van der Waals surface area contributed by atoms with Gasteiger partial charge in [-0.05, 0) is 18.2 Å². The standard InChI is InChI=1S/C10H7NO3.C2H6/c12-9-6-7(10(13)14)5-8-3-1-2-4-11(8)9;1-2/h1-6H,(H,13,14);1-2H3. The lowest BCUT2D eigenvalue weighted by Gasteiger charge is -2.00. The fraction of sp³-hybridized carbons (Fsp3) is 0.167. The molecule has 4 nitrogen and oxygen atoms in total. The largest absolute Gasteiger partial charge is 0.478 e. The van der Waals surface area contributed by atoms with Crippen molar-refractivity contribution in [3.05, 3.63) is 52.4 Å². The molecule has 0 bridgehead atoms. The molecule has 2 aromatic rings. The first-order chi connectivity index (χ1) is 7.68. The van der Waals surface area contributed by atoms with Gasteiger partial charge in [0.05, 0.1) is 5.56 Å². The lowest BCUT2D eigenvalue weighted by molar-refractivity contribution is 0.0696. The van der Waals surface area contributed by atoms with Crippen LogP contribution < -0.4 is 5.56 Å². The highest BCUT2D eigenvalue weighted by Crippen LogP contribution is 2.03. The van der Waals surface area contributed by atoms with Gasteiger partial charge in [-0.25, -0.2) is 4.79 Å². The second-order valence-corrected chi connectivity index (χ2v) is 2.88. The quantitative estimate of drug-likeness (QED) is 0.798. The molecule has 2 aromatic heterocycles. The van der Waals surface area contributed by atoms with Gasteiger partial charge in [-0.2, -0.15) is 0 Å². The number of carboxylic acid groups (broad SMARTS) is 1. The fourth-order valence-corrected chi connectivity index (χ4v) is 1.30. The van der Waals surface area contributed by atoms with Crippen LogP contribution in [0.1, 0.15) is 24.2 Å². The van der Waals surface area contributed by atoms with Crippen molar-refractivity contribution < 1.29 is 9.90 Å². The molecular weight excluding hydrogens is 206 g/mol. The smallest absolute Gasteiger partial charge is 0.335 e. The van der Waals surface area contributed by atoms with Crippen LogP contribution in [0.4, 0.5) is 0 Å². The lowest BCUT2D eigenvalue weighted by atomic mass is 10.2. The molecule has 0 radical (unpaired) electrons. The van der Waals surface area contributed by atoms with Crippen LogP contribution in [0.2, 0.25) is 0 Å². The van der Waals surface area contributed by atoms with E-state index in [1.165, 1.54) is 10.5 Å². The maximum Gasteiger partial charge on any atom is 0.335 e. The van der Waals surface area contributed by atoms with Gasteiger partial charge in [0.15, 0.2) is 0 Å². The maximum atomic E-state index is 11.4.